The molecule has 0 heterocycles. The summed E-state index contributed by atoms with van der Waals surface area (Å²) in [6, 6.07) is 14.5. The van der Waals surface area contributed by atoms with Gasteiger partial charge in [0.15, 0.2) is 25.7 Å². The number of carbonyl (C=O) groups is 6. The summed E-state index contributed by atoms with van der Waals surface area (Å²) < 4.78 is 42.3. The highest BCUT2D eigenvalue weighted by atomic mass is 16.6. The number of nitrogens with one attached hydrogen (secondary N) is 2. The normalized spacial score (nSPS) is 11.6. The zero-order chi connectivity index (χ0) is 42.7. The van der Waals surface area contributed by atoms with Gasteiger partial charge in [-0.2, -0.15) is 0 Å². The summed E-state index contributed by atoms with van der Waals surface area (Å²) >= 11 is 0. The minimum absolute atomic E-state index is 0.156. The first-order valence-corrected chi connectivity index (χ1v) is 17.5. The van der Waals surface area contributed by atoms with Gasteiger partial charge < -0.3 is 37.9 Å². The van der Waals surface area contributed by atoms with E-state index in [2.05, 4.69) is 36.9 Å². The summed E-state index contributed by atoms with van der Waals surface area (Å²) in [5.74, 6) is -1.84. The zero-order valence-electron chi connectivity index (χ0n) is 33.1. The molecule has 0 spiro atoms. The van der Waals surface area contributed by atoms with Crippen molar-refractivity contribution in [2.75, 3.05) is 39.9 Å². The van der Waals surface area contributed by atoms with Gasteiger partial charge in [-0.3, -0.25) is 10.6 Å². The molecule has 57 heavy (non-hydrogen) atoms. The van der Waals surface area contributed by atoms with Gasteiger partial charge in [0, 0.05) is 27.7 Å². The molecule has 16 heteroatoms. The molecule has 2 rings (SSSR count). The Bertz CT molecular complexity index is 1670. The second kappa shape index (κ2) is 22.7. The third kappa shape index (κ3) is 16.8. The van der Waals surface area contributed by atoms with Crippen LogP contribution in [0.4, 0.5) is 9.59 Å². The molecule has 2 aromatic carbocycles. The quantitative estimate of drug-likeness (QED) is 0.0669. The van der Waals surface area contributed by atoms with Crippen LogP contribution in [0, 0.1) is 0 Å². The van der Waals surface area contributed by atoms with Crippen molar-refractivity contribution in [3.8, 4) is 11.5 Å². The topological polar surface area (TPSA) is 200 Å². The number of hydrogen-bond acceptors (Lipinski definition) is 14. The number of esters is 4. The zero-order valence-corrected chi connectivity index (χ0v) is 33.1. The van der Waals surface area contributed by atoms with E-state index >= 15 is 0 Å². The summed E-state index contributed by atoms with van der Waals surface area (Å²) in [5, 5.41) is 4.54. The lowest BCUT2D eigenvalue weighted by Gasteiger charge is -2.27. The van der Waals surface area contributed by atoms with Crippen LogP contribution in [0.3, 0.4) is 0 Å². The number of rotatable bonds is 22. The molecule has 2 N–H and O–H groups in total. The van der Waals surface area contributed by atoms with Crippen LogP contribution in [0.15, 0.2) is 97.1 Å². The molecular weight excluding hydrogens is 744 g/mol. The van der Waals surface area contributed by atoms with Crippen molar-refractivity contribution in [2.24, 2.45) is 0 Å². The highest BCUT2D eigenvalue weighted by Gasteiger charge is 2.25. The Hall–Kier alpha value is -6.58. The highest BCUT2D eigenvalue weighted by Crippen LogP contribution is 2.33. The maximum absolute atomic E-state index is 12.3. The van der Waals surface area contributed by atoms with Crippen LogP contribution in [-0.4, -0.2) is 88.2 Å². The molecule has 0 saturated carbocycles. The molecule has 0 saturated heterocycles. The van der Waals surface area contributed by atoms with Crippen molar-refractivity contribution in [1.82, 2.24) is 10.6 Å². The Balaban J connectivity index is 2.04. The highest BCUT2D eigenvalue weighted by molar-refractivity contribution is 5.88. The first kappa shape index (κ1) is 46.6. The van der Waals surface area contributed by atoms with E-state index in [0.717, 1.165) is 11.1 Å². The molecule has 0 fully saturated rings. The van der Waals surface area contributed by atoms with Crippen LogP contribution in [-0.2, 0) is 53.0 Å². The van der Waals surface area contributed by atoms with Gasteiger partial charge >= 0.3 is 36.1 Å². The van der Waals surface area contributed by atoms with E-state index in [1.165, 1.54) is 27.7 Å². The summed E-state index contributed by atoms with van der Waals surface area (Å²) in [7, 11) is 0. The van der Waals surface area contributed by atoms with Crippen molar-refractivity contribution in [3.63, 3.8) is 0 Å². The van der Waals surface area contributed by atoms with Crippen molar-refractivity contribution in [3.05, 3.63) is 108 Å². The number of ether oxygens (including phenoxy) is 8. The lowest BCUT2D eigenvalue weighted by molar-refractivity contribution is -0.143. The summed E-state index contributed by atoms with van der Waals surface area (Å²) in [5.41, 5.74) is 2.01. The number of carbonyl (C=O) groups excluding carboxylic acids is 6. The number of benzene rings is 2. The third-order valence-corrected chi connectivity index (χ3v) is 7.61. The standard InChI is InChI=1S/C41H50N2O14/c1-25(2)35(44)52-21-33(56-39(48)42-23-54-37(46)27(5)6)19-50-31-15-11-29(12-16-31)41(9,10)30-13-17-32(18-14-30)51-20-34(22-53-36(45)26(3)4)57-40(49)43-24-55-38(47)28(7)8/h11-18,33-34H,1,3,5,7,19-24H2,2,4,6,8-10H3,(H,42,48)(H,43,49). The van der Waals surface area contributed by atoms with Crippen LogP contribution in [0.2, 0.25) is 0 Å². The Morgan fingerprint density at radius 1 is 0.509 bits per heavy atom. The van der Waals surface area contributed by atoms with Crippen molar-refractivity contribution in [1.29, 1.82) is 0 Å². The molecular formula is C41H50N2O14. The Kier molecular flexibility index (Phi) is 18.6. The Labute approximate surface area is 331 Å². The number of alkyl carbamates (subject to hydrolysis) is 2. The van der Waals surface area contributed by atoms with E-state index in [9.17, 15) is 28.8 Å². The van der Waals surface area contributed by atoms with Crippen LogP contribution in [0.5, 0.6) is 11.5 Å². The van der Waals surface area contributed by atoms with Crippen molar-refractivity contribution in [2.45, 2.75) is 59.2 Å². The van der Waals surface area contributed by atoms with Crippen molar-refractivity contribution >= 4 is 36.1 Å². The maximum atomic E-state index is 12.3. The molecule has 0 bridgehead atoms. The van der Waals surface area contributed by atoms with Gasteiger partial charge in [0.25, 0.3) is 0 Å². The van der Waals surface area contributed by atoms with E-state index in [-0.39, 0.29) is 48.7 Å². The van der Waals surface area contributed by atoms with Crippen LogP contribution in [0.1, 0.15) is 52.7 Å². The minimum atomic E-state index is -1.02. The molecule has 2 unspecified atom stereocenters. The first-order chi connectivity index (χ1) is 26.8. The predicted molar refractivity (Wildman–Crippen MR) is 206 cm³/mol. The van der Waals surface area contributed by atoms with Gasteiger partial charge in [0.2, 0.25) is 0 Å². The van der Waals surface area contributed by atoms with E-state index in [1.807, 2.05) is 38.1 Å². The number of hydrogen-bond donors (Lipinski definition) is 2. The molecule has 308 valence electrons. The van der Waals surface area contributed by atoms with Crippen molar-refractivity contribution < 1.29 is 66.7 Å². The van der Waals surface area contributed by atoms with E-state index in [0.29, 0.717) is 11.5 Å². The fourth-order valence-corrected chi connectivity index (χ4v) is 4.25. The van der Waals surface area contributed by atoms with Gasteiger partial charge in [-0.15, -0.1) is 0 Å². The molecule has 0 aliphatic carbocycles. The Morgan fingerprint density at radius 3 is 1.11 bits per heavy atom. The average molecular weight is 795 g/mol. The lowest BCUT2D eigenvalue weighted by atomic mass is 9.78. The molecule has 16 nitrogen and oxygen atoms in total. The molecule has 2 amide bonds. The molecule has 0 radical (unpaired) electrons. The summed E-state index contributed by atoms with van der Waals surface area (Å²) in [4.78, 5) is 71.7. The van der Waals surface area contributed by atoms with Crippen LogP contribution in [0.25, 0.3) is 0 Å². The third-order valence-electron chi connectivity index (χ3n) is 7.61. The van der Waals surface area contributed by atoms with Gasteiger partial charge in [-0.05, 0) is 63.1 Å². The van der Waals surface area contributed by atoms with Crippen LogP contribution >= 0.6 is 0 Å². The average Bonchev–Trinajstić information content (AvgIpc) is 3.16. The minimum Gasteiger partial charge on any atom is -0.490 e. The first-order valence-electron chi connectivity index (χ1n) is 17.5. The van der Waals surface area contributed by atoms with E-state index < -0.39 is 67.1 Å². The fourth-order valence-electron chi connectivity index (χ4n) is 4.25. The van der Waals surface area contributed by atoms with Gasteiger partial charge in [0.05, 0.1) is 0 Å². The van der Waals surface area contributed by atoms with E-state index in [1.54, 1.807) is 24.3 Å². The van der Waals surface area contributed by atoms with Gasteiger partial charge in [-0.1, -0.05) is 64.4 Å². The summed E-state index contributed by atoms with van der Waals surface area (Å²) in [6.45, 7) is 22.0. The smallest absolute Gasteiger partial charge is 0.410 e. The molecule has 0 aliphatic heterocycles. The lowest BCUT2D eigenvalue weighted by Crippen LogP contribution is -2.36. The predicted octanol–water partition coefficient (Wildman–Crippen LogP) is 5.35. The second-order valence-corrected chi connectivity index (χ2v) is 13.2. The van der Waals surface area contributed by atoms with E-state index in [4.69, 9.17) is 37.9 Å². The molecule has 0 aromatic heterocycles. The monoisotopic (exact) mass is 794 g/mol. The molecule has 0 aliphatic rings. The molecule has 2 aromatic rings. The SMILES string of the molecule is C=C(C)C(=O)OCNC(=O)OC(COC(=O)C(=C)C)COc1ccc(C(C)(C)c2ccc(OCC(COC(=O)C(=C)C)OC(=O)NCOC(=O)C(=C)C)cc2)cc1. The van der Waals surface area contributed by atoms with Gasteiger partial charge in [-0.25, -0.2) is 28.8 Å². The summed E-state index contributed by atoms with van der Waals surface area (Å²) in [6.07, 6.45) is -3.91. The van der Waals surface area contributed by atoms with Crippen LogP contribution < -0.4 is 20.1 Å². The Morgan fingerprint density at radius 2 is 0.807 bits per heavy atom. The largest absolute Gasteiger partial charge is 0.490 e. The van der Waals surface area contributed by atoms with Gasteiger partial charge in [0.1, 0.15) is 37.9 Å². The fraction of sp³-hybridized carbons (Fsp3) is 0.366. The second-order valence-electron chi connectivity index (χ2n) is 13.2. The maximum Gasteiger partial charge on any atom is 0.410 e. The molecule has 2 atom stereocenters. The number of amides is 2.